The van der Waals surface area contributed by atoms with E-state index in [1.807, 2.05) is 6.92 Å². The lowest BCUT2D eigenvalue weighted by molar-refractivity contribution is -0.120. The van der Waals surface area contributed by atoms with Crippen molar-refractivity contribution in [2.75, 3.05) is 33.2 Å². The first-order valence-electron chi connectivity index (χ1n) is 7.58. The molecule has 2 bridgehead atoms. The Hall–Kier alpha value is -0.650. The van der Waals surface area contributed by atoms with Crippen LogP contribution in [0.3, 0.4) is 0 Å². The number of amides is 1. The third-order valence-corrected chi connectivity index (χ3v) is 4.76. The predicted octanol–water partition coefficient (Wildman–Crippen LogP) is 0.00840. The average molecular weight is 268 g/mol. The molecule has 2 saturated heterocycles. The largest absolute Gasteiger partial charge is 0.368 e. The molecule has 0 spiro atoms. The minimum absolute atomic E-state index is 0.178. The Morgan fingerprint density at radius 3 is 2.79 bits per heavy atom. The molecule has 3 atom stereocenters. The van der Waals surface area contributed by atoms with Crippen molar-refractivity contribution < 1.29 is 4.79 Å². The van der Waals surface area contributed by atoms with Gasteiger partial charge in [0.15, 0.2) is 0 Å². The lowest BCUT2D eigenvalue weighted by atomic mass is 10.1. The Labute approximate surface area is 116 Å². The van der Waals surface area contributed by atoms with Gasteiger partial charge < -0.3 is 16.0 Å². The summed E-state index contributed by atoms with van der Waals surface area (Å²) in [6, 6.07) is 1.30. The fraction of sp³-hybridized carbons (Fsp3) is 0.929. The molecule has 0 aromatic rings. The third-order valence-electron chi connectivity index (χ3n) is 4.76. The number of likely N-dealkylation sites (N-methyl/N-ethyl adjacent to an activating group) is 2. The van der Waals surface area contributed by atoms with E-state index in [-0.39, 0.29) is 11.9 Å². The van der Waals surface area contributed by atoms with Gasteiger partial charge in [0.05, 0.1) is 6.04 Å². The summed E-state index contributed by atoms with van der Waals surface area (Å²) in [5.74, 6) is -0.227. The van der Waals surface area contributed by atoms with Crippen molar-refractivity contribution in [2.45, 2.75) is 50.7 Å². The van der Waals surface area contributed by atoms with E-state index in [9.17, 15) is 4.79 Å². The number of fused-ring (bicyclic) bond motifs is 2. The molecule has 0 radical (unpaired) electrons. The first kappa shape index (κ1) is 14.8. The molecule has 0 aromatic carbocycles. The van der Waals surface area contributed by atoms with Gasteiger partial charge in [-0.1, -0.05) is 6.92 Å². The zero-order valence-electron chi connectivity index (χ0n) is 12.3. The van der Waals surface area contributed by atoms with Crippen LogP contribution in [-0.4, -0.2) is 67.1 Å². The standard InChI is InChI=1S/C14H28N4O/c1-3-16-13(14(15)19)7-9-18-8-6-11-4-5-12(10-18)17(11)2/h11-13,16H,3-10H2,1-2H3,(H2,15,19). The van der Waals surface area contributed by atoms with Crippen LogP contribution in [0.4, 0.5) is 0 Å². The number of carbonyl (C=O) groups is 1. The molecular formula is C14H28N4O. The zero-order chi connectivity index (χ0) is 13.8. The number of likely N-dealkylation sites (tertiary alicyclic amines) is 1. The number of nitrogens with two attached hydrogens (primary N) is 1. The first-order valence-corrected chi connectivity index (χ1v) is 7.58. The summed E-state index contributed by atoms with van der Waals surface area (Å²) in [6.07, 6.45) is 4.76. The van der Waals surface area contributed by atoms with Gasteiger partial charge in [-0.15, -0.1) is 0 Å². The summed E-state index contributed by atoms with van der Waals surface area (Å²) >= 11 is 0. The van der Waals surface area contributed by atoms with Crippen LogP contribution in [0.1, 0.15) is 32.6 Å². The Morgan fingerprint density at radius 2 is 2.11 bits per heavy atom. The quantitative estimate of drug-likeness (QED) is 0.712. The lowest BCUT2D eigenvalue weighted by Gasteiger charge is -2.26. The van der Waals surface area contributed by atoms with Crippen molar-refractivity contribution in [2.24, 2.45) is 5.73 Å². The third kappa shape index (κ3) is 3.68. The second-order valence-electron chi connectivity index (χ2n) is 5.94. The van der Waals surface area contributed by atoms with E-state index in [0.29, 0.717) is 6.04 Å². The smallest absolute Gasteiger partial charge is 0.234 e. The van der Waals surface area contributed by atoms with Gasteiger partial charge in [-0.3, -0.25) is 9.69 Å². The molecule has 0 aromatic heterocycles. The maximum atomic E-state index is 11.3. The molecule has 2 fully saturated rings. The zero-order valence-corrected chi connectivity index (χ0v) is 12.3. The Morgan fingerprint density at radius 1 is 1.37 bits per heavy atom. The first-order chi connectivity index (χ1) is 9.11. The van der Waals surface area contributed by atoms with Gasteiger partial charge in [-0.05, 0) is 45.8 Å². The number of carbonyl (C=O) groups excluding carboxylic acids is 1. The molecule has 0 saturated carbocycles. The molecule has 5 nitrogen and oxygen atoms in total. The van der Waals surface area contributed by atoms with Crippen molar-refractivity contribution in [1.29, 1.82) is 0 Å². The molecule has 1 amide bonds. The second-order valence-corrected chi connectivity index (χ2v) is 5.94. The molecule has 3 N–H and O–H groups in total. The summed E-state index contributed by atoms with van der Waals surface area (Å²) in [7, 11) is 2.26. The second kappa shape index (κ2) is 6.68. The molecular weight excluding hydrogens is 240 g/mol. The van der Waals surface area contributed by atoms with Crippen molar-refractivity contribution in [1.82, 2.24) is 15.1 Å². The minimum atomic E-state index is -0.227. The fourth-order valence-electron chi connectivity index (χ4n) is 3.49. The normalized spacial score (nSPS) is 30.2. The maximum Gasteiger partial charge on any atom is 0.234 e. The van der Waals surface area contributed by atoms with Gasteiger partial charge in [0.1, 0.15) is 0 Å². The Bertz CT molecular complexity index is 310. The van der Waals surface area contributed by atoms with Crippen LogP contribution in [0.5, 0.6) is 0 Å². The molecule has 110 valence electrons. The Kier molecular flexibility index (Phi) is 5.19. The maximum absolute atomic E-state index is 11.3. The summed E-state index contributed by atoms with van der Waals surface area (Å²) in [6.45, 7) is 6.07. The summed E-state index contributed by atoms with van der Waals surface area (Å²) in [4.78, 5) is 16.4. The highest BCUT2D eigenvalue weighted by Crippen LogP contribution is 2.28. The molecule has 0 aliphatic carbocycles. The van der Waals surface area contributed by atoms with E-state index < -0.39 is 0 Å². The monoisotopic (exact) mass is 268 g/mol. The molecule has 5 heteroatoms. The molecule has 3 unspecified atom stereocenters. The average Bonchev–Trinajstić information content (AvgIpc) is 2.60. The van der Waals surface area contributed by atoms with Crippen LogP contribution in [0, 0.1) is 0 Å². The highest BCUT2D eigenvalue weighted by atomic mass is 16.1. The van der Waals surface area contributed by atoms with Gasteiger partial charge in [0.2, 0.25) is 5.91 Å². The van der Waals surface area contributed by atoms with E-state index >= 15 is 0 Å². The summed E-state index contributed by atoms with van der Waals surface area (Å²) < 4.78 is 0. The van der Waals surface area contributed by atoms with Gasteiger partial charge in [-0.2, -0.15) is 0 Å². The van der Waals surface area contributed by atoms with E-state index in [1.165, 1.54) is 19.3 Å². The van der Waals surface area contributed by atoms with Crippen LogP contribution in [0.15, 0.2) is 0 Å². The molecule has 2 aliphatic heterocycles. The van der Waals surface area contributed by atoms with Crippen molar-refractivity contribution in [3.63, 3.8) is 0 Å². The van der Waals surface area contributed by atoms with E-state index in [0.717, 1.165) is 38.6 Å². The SMILES string of the molecule is CCNC(CCN1CCC2CCC(C1)N2C)C(N)=O. The van der Waals surface area contributed by atoms with Crippen molar-refractivity contribution >= 4 is 5.91 Å². The van der Waals surface area contributed by atoms with Crippen molar-refractivity contribution in [3.8, 4) is 0 Å². The number of hydrogen-bond acceptors (Lipinski definition) is 4. The van der Waals surface area contributed by atoms with Crippen LogP contribution >= 0.6 is 0 Å². The van der Waals surface area contributed by atoms with Gasteiger partial charge in [0.25, 0.3) is 0 Å². The number of primary amides is 1. The van der Waals surface area contributed by atoms with Gasteiger partial charge in [0, 0.05) is 25.2 Å². The molecule has 2 rings (SSSR count). The minimum Gasteiger partial charge on any atom is -0.368 e. The highest BCUT2D eigenvalue weighted by molar-refractivity contribution is 5.79. The summed E-state index contributed by atoms with van der Waals surface area (Å²) in [5, 5.41) is 3.17. The molecule has 2 heterocycles. The van der Waals surface area contributed by atoms with Gasteiger partial charge >= 0.3 is 0 Å². The van der Waals surface area contributed by atoms with Crippen molar-refractivity contribution in [3.05, 3.63) is 0 Å². The van der Waals surface area contributed by atoms with Crippen LogP contribution in [-0.2, 0) is 4.79 Å². The highest BCUT2D eigenvalue weighted by Gasteiger charge is 2.34. The fourth-order valence-corrected chi connectivity index (χ4v) is 3.49. The number of rotatable bonds is 6. The van der Waals surface area contributed by atoms with E-state index in [4.69, 9.17) is 5.73 Å². The van der Waals surface area contributed by atoms with Crippen LogP contribution in [0.25, 0.3) is 0 Å². The van der Waals surface area contributed by atoms with Crippen LogP contribution in [0.2, 0.25) is 0 Å². The number of nitrogens with one attached hydrogen (secondary N) is 1. The number of hydrogen-bond donors (Lipinski definition) is 2. The summed E-state index contributed by atoms with van der Waals surface area (Å²) in [5.41, 5.74) is 5.42. The number of nitrogens with zero attached hydrogens (tertiary/aromatic N) is 2. The van der Waals surface area contributed by atoms with Gasteiger partial charge in [-0.25, -0.2) is 0 Å². The predicted molar refractivity (Wildman–Crippen MR) is 76.9 cm³/mol. The molecule has 2 aliphatic rings. The van der Waals surface area contributed by atoms with E-state index in [1.54, 1.807) is 0 Å². The lowest BCUT2D eigenvalue weighted by Crippen LogP contribution is -2.44. The Balaban J connectivity index is 1.81. The van der Waals surface area contributed by atoms with E-state index in [2.05, 4.69) is 22.2 Å². The van der Waals surface area contributed by atoms with Crippen LogP contribution < -0.4 is 11.1 Å². The molecule has 19 heavy (non-hydrogen) atoms. The topological polar surface area (TPSA) is 61.6 Å².